The van der Waals surface area contributed by atoms with E-state index < -0.39 is 10.0 Å². The second-order valence-electron chi connectivity index (χ2n) is 7.81. The van der Waals surface area contributed by atoms with Gasteiger partial charge in [0.05, 0.1) is 37.8 Å². The predicted octanol–water partition coefficient (Wildman–Crippen LogP) is 1.25. The fourth-order valence-corrected chi connectivity index (χ4v) is 4.05. The van der Waals surface area contributed by atoms with Crippen molar-refractivity contribution in [1.29, 1.82) is 0 Å². The van der Waals surface area contributed by atoms with Crippen LogP contribution in [0.25, 0.3) is 10.8 Å². The first kappa shape index (κ1) is 20.4. The van der Waals surface area contributed by atoms with Crippen molar-refractivity contribution >= 4 is 38.1 Å². The number of hydrogen-bond donors (Lipinski definition) is 3. The molecule has 1 fully saturated rings. The summed E-state index contributed by atoms with van der Waals surface area (Å²) >= 11 is 0. The molecule has 0 spiro atoms. The molecule has 0 atom stereocenters. The van der Waals surface area contributed by atoms with E-state index in [9.17, 15) is 18.3 Å². The molecule has 28 heavy (non-hydrogen) atoms. The molecule has 0 saturated carbocycles. The van der Waals surface area contributed by atoms with Crippen LogP contribution in [0.15, 0.2) is 30.3 Å². The topological polar surface area (TPSA) is 98.7 Å². The minimum absolute atomic E-state index is 0.0796. The Labute approximate surface area is 165 Å². The van der Waals surface area contributed by atoms with Gasteiger partial charge in [-0.05, 0) is 25.2 Å². The van der Waals surface area contributed by atoms with E-state index in [0.717, 1.165) is 32.4 Å². The molecule has 0 unspecified atom stereocenters. The second-order valence-corrected chi connectivity index (χ2v) is 9.56. The summed E-state index contributed by atoms with van der Waals surface area (Å²) in [4.78, 5) is 14.8. The van der Waals surface area contributed by atoms with Crippen LogP contribution in [0.5, 0.6) is 5.75 Å². The van der Waals surface area contributed by atoms with E-state index in [1.807, 2.05) is 0 Å². The molecule has 8 nitrogen and oxygen atoms in total. The Morgan fingerprint density at radius 1 is 1.14 bits per heavy atom. The molecule has 9 heteroatoms. The third-order valence-corrected chi connectivity index (χ3v) is 5.76. The van der Waals surface area contributed by atoms with Crippen LogP contribution in [0.1, 0.15) is 0 Å². The van der Waals surface area contributed by atoms with Gasteiger partial charge in [0.15, 0.2) is 6.54 Å². The lowest BCUT2D eigenvalue weighted by Crippen LogP contribution is -2.58. The number of phenolic OH excluding ortho intramolecular Hbond substituents is 1. The van der Waals surface area contributed by atoms with Gasteiger partial charge in [0, 0.05) is 23.9 Å². The Kier molecular flexibility index (Phi) is 5.51. The van der Waals surface area contributed by atoms with Crippen molar-refractivity contribution in [1.82, 2.24) is 4.90 Å². The van der Waals surface area contributed by atoms with E-state index in [1.54, 1.807) is 30.3 Å². The fourth-order valence-electron chi connectivity index (χ4n) is 3.47. The van der Waals surface area contributed by atoms with Crippen molar-refractivity contribution in [2.75, 3.05) is 63.1 Å². The Balaban J connectivity index is 1.80. The van der Waals surface area contributed by atoms with E-state index in [2.05, 4.69) is 29.0 Å². The highest BCUT2D eigenvalue weighted by atomic mass is 32.2. The minimum Gasteiger partial charge on any atom is -0.505 e. The number of hydrogen-bond acceptors (Lipinski definition) is 5. The zero-order chi connectivity index (χ0) is 20.5. The van der Waals surface area contributed by atoms with Crippen LogP contribution >= 0.6 is 0 Å². The summed E-state index contributed by atoms with van der Waals surface area (Å²) in [6, 6.07) is 8.23. The van der Waals surface area contributed by atoms with E-state index in [-0.39, 0.29) is 11.7 Å². The summed E-state index contributed by atoms with van der Waals surface area (Å²) in [5.74, 6) is -0.240. The summed E-state index contributed by atoms with van der Waals surface area (Å²) in [7, 11) is 0.694. The van der Waals surface area contributed by atoms with Crippen LogP contribution < -0.4 is 10.0 Å². The van der Waals surface area contributed by atoms with E-state index in [1.165, 1.54) is 0 Å². The van der Waals surface area contributed by atoms with Gasteiger partial charge < -0.3 is 14.9 Å². The molecule has 1 aliphatic heterocycles. The zero-order valence-electron chi connectivity index (χ0n) is 16.4. The molecule has 2 aromatic carbocycles. The Hall–Kier alpha value is -2.36. The number of amides is 1. The molecule has 0 aliphatic carbocycles. The maximum atomic E-state index is 12.6. The quantitative estimate of drug-likeness (QED) is 0.512. The van der Waals surface area contributed by atoms with Crippen LogP contribution in [-0.4, -0.2) is 81.9 Å². The molecule has 2 aromatic rings. The van der Waals surface area contributed by atoms with Gasteiger partial charge >= 0.3 is 0 Å². The number of piperazine rings is 1. The molecule has 1 aliphatic rings. The predicted molar refractivity (Wildman–Crippen MR) is 111 cm³/mol. The number of phenols is 1. The van der Waals surface area contributed by atoms with Crippen LogP contribution in [0.3, 0.4) is 0 Å². The van der Waals surface area contributed by atoms with Gasteiger partial charge in [0.2, 0.25) is 10.0 Å². The number of likely N-dealkylation sites (N-methyl/N-ethyl adjacent to an activating group) is 2. The number of carbonyl (C=O) groups is 1. The number of sulfonamides is 1. The highest BCUT2D eigenvalue weighted by Gasteiger charge is 2.30. The van der Waals surface area contributed by atoms with Crippen LogP contribution in [0.4, 0.5) is 11.4 Å². The second kappa shape index (κ2) is 7.57. The molecular formula is C19H27N4O4S+. The number of aromatic hydroxyl groups is 1. The van der Waals surface area contributed by atoms with Gasteiger partial charge in [-0.15, -0.1) is 0 Å². The minimum atomic E-state index is -3.44. The van der Waals surface area contributed by atoms with Crippen LogP contribution in [-0.2, 0) is 14.8 Å². The van der Waals surface area contributed by atoms with Crippen molar-refractivity contribution in [3.8, 4) is 5.75 Å². The fraction of sp³-hybridized carbons (Fsp3) is 0.421. The first-order valence-electron chi connectivity index (χ1n) is 9.11. The Morgan fingerprint density at radius 2 is 1.82 bits per heavy atom. The highest BCUT2D eigenvalue weighted by molar-refractivity contribution is 7.92. The average molecular weight is 408 g/mol. The molecular weight excluding hydrogens is 380 g/mol. The lowest BCUT2D eigenvalue weighted by molar-refractivity contribution is -0.905. The number of rotatable bonds is 5. The monoisotopic (exact) mass is 407 g/mol. The lowest BCUT2D eigenvalue weighted by atomic mass is 10.1. The standard InChI is InChI=1S/C19H26N4O4S/c1-22-9-11-23(2,12-10-22)13-18(24)20-17-8-7-14-15(19(17)25)5-4-6-16(14)21-28(3,26)27/h4-8,21H,9-13H2,1-3H3,(H-,20,24,25)/p+1. The summed E-state index contributed by atoms with van der Waals surface area (Å²) in [6.07, 6.45) is 1.07. The molecule has 3 rings (SSSR count). The van der Waals surface area contributed by atoms with Crippen LogP contribution in [0.2, 0.25) is 0 Å². The number of fused-ring (bicyclic) bond motifs is 1. The summed E-state index contributed by atoms with van der Waals surface area (Å²) in [5, 5.41) is 14.4. The van der Waals surface area contributed by atoms with E-state index >= 15 is 0 Å². The third-order valence-electron chi connectivity index (χ3n) is 5.17. The number of quaternary nitrogens is 1. The molecule has 0 bridgehead atoms. The van der Waals surface area contributed by atoms with Gasteiger partial charge in [0.25, 0.3) is 5.91 Å². The average Bonchev–Trinajstić information content (AvgIpc) is 2.59. The van der Waals surface area contributed by atoms with E-state index in [0.29, 0.717) is 33.2 Å². The Morgan fingerprint density at radius 3 is 2.46 bits per heavy atom. The lowest BCUT2D eigenvalue weighted by Gasteiger charge is -2.40. The first-order valence-corrected chi connectivity index (χ1v) is 11.0. The molecule has 1 saturated heterocycles. The van der Waals surface area contributed by atoms with Gasteiger partial charge in [-0.2, -0.15) is 0 Å². The zero-order valence-corrected chi connectivity index (χ0v) is 17.2. The van der Waals surface area contributed by atoms with Gasteiger partial charge in [-0.25, -0.2) is 8.42 Å². The molecule has 152 valence electrons. The summed E-state index contributed by atoms with van der Waals surface area (Å²) < 4.78 is 26.2. The highest BCUT2D eigenvalue weighted by Crippen LogP contribution is 2.36. The largest absolute Gasteiger partial charge is 0.505 e. The molecule has 1 amide bonds. The van der Waals surface area contributed by atoms with Crippen molar-refractivity contribution in [3.05, 3.63) is 30.3 Å². The number of nitrogens with one attached hydrogen (secondary N) is 2. The third kappa shape index (κ3) is 4.73. The molecule has 0 radical (unpaired) electrons. The number of benzene rings is 2. The molecule has 0 aromatic heterocycles. The van der Waals surface area contributed by atoms with Gasteiger partial charge in [-0.3, -0.25) is 14.4 Å². The number of anilines is 2. The van der Waals surface area contributed by atoms with Crippen LogP contribution in [0, 0.1) is 0 Å². The normalized spacial score (nSPS) is 17.4. The number of carbonyl (C=O) groups excluding carboxylic acids is 1. The first-order chi connectivity index (χ1) is 13.1. The SMILES string of the molecule is CN1CC[N+](C)(CC(=O)Nc2ccc3c(NS(C)(=O)=O)cccc3c2O)CC1. The number of nitrogens with zero attached hydrogens (tertiary/aromatic N) is 2. The van der Waals surface area contributed by atoms with Crippen molar-refractivity contribution in [3.63, 3.8) is 0 Å². The smallest absolute Gasteiger partial charge is 0.279 e. The maximum Gasteiger partial charge on any atom is 0.279 e. The van der Waals surface area contributed by atoms with Gasteiger partial charge in [-0.1, -0.05) is 12.1 Å². The maximum absolute atomic E-state index is 12.6. The molecule has 3 N–H and O–H groups in total. The van der Waals surface area contributed by atoms with Crippen molar-refractivity contribution < 1.29 is 22.8 Å². The summed E-state index contributed by atoms with van der Waals surface area (Å²) in [5.41, 5.74) is 0.693. The summed E-state index contributed by atoms with van der Waals surface area (Å²) in [6.45, 7) is 4.02. The van der Waals surface area contributed by atoms with Crippen molar-refractivity contribution in [2.45, 2.75) is 0 Å². The van der Waals surface area contributed by atoms with Crippen molar-refractivity contribution in [2.24, 2.45) is 0 Å². The van der Waals surface area contributed by atoms with E-state index in [4.69, 9.17) is 0 Å². The molecule has 1 heterocycles. The van der Waals surface area contributed by atoms with Gasteiger partial charge in [0.1, 0.15) is 5.75 Å². The Bertz CT molecular complexity index is 998.